The van der Waals surface area contributed by atoms with Gasteiger partial charge in [0.15, 0.2) is 0 Å². The highest BCUT2D eigenvalue weighted by Gasteiger charge is 2.31. The maximum absolute atomic E-state index is 3.46. The summed E-state index contributed by atoms with van der Waals surface area (Å²) in [6, 6.07) is 6.81. The van der Waals surface area contributed by atoms with Crippen molar-refractivity contribution in [1.29, 1.82) is 0 Å². The van der Waals surface area contributed by atoms with Crippen LogP contribution in [0.1, 0.15) is 49.7 Å². The first-order valence-corrected chi connectivity index (χ1v) is 8.49. The minimum Gasteiger partial charge on any atom is -0.374 e. The number of anilines is 1. The van der Waals surface area contributed by atoms with Crippen molar-refractivity contribution in [2.24, 2.45) is 5.41 Å². The van der Waals surface area contributed by atoms with E-state index in [0.717, 1.165) is 13.1 Å². The van der Waals surface area contributed by atoms with E-state index >= 15 is 0 Å². The van der Waals surface area contributed by atoms with E-state index in [1.54, 1.807) is 0 Å². The van der Waals surface area contributed by atoms with E-state index in [9.17, 15) is 0 Å². The summed E-state index contributed by atoms with van der Waals surface area (Å²) in [7, 11) is 4.36. The van der Waals surface area contributed by atoms with Gasteiger partial charge >= 0.3 is 0 Å². The summed E-state index contributed by atoms with van der Waals surface area (Å²) in [6.07, 6.45) is 8.34. The van der Waals surface area contributed by atoms with Crippen molar-refractivity contribution in [2.45, 2.75) is 52.4 Å². The van der Waals surface area contributed by atoms with Crippen molar-refractivity contribution in [3.05, 3.63) is 29.3 Å². The number of aryl methyl sites for hydroxylation is 2. The number of hydrogen-bond acceptors (Lipinski definition) is 2. The van der Waals surface area contributed by atoms with Crippen LogP contribution in [0.3, 0.4) is 0 Å². The van der Waals surface area contributed by atoms with E-state index in [1.807, 2.05) is 0 Å². The number of hydrogen-bond donors (Lipinski definition) is 1. The zero-order valence-corrected chi connectivity index (χ0v) is 14.3. The van der Waals surface area contributed by atoms with Crippen molar-refractivity contribution >= 4 is 5.69 Å². The zero-order valence-electron chi connectivity index (χ0n) is 14.3. The quantitative estimate of drug-likeness (QED) is 0.813. The van der Waals surface area contributed by atoms with Gasteiger partial charge in [-0.25, -0.2) is 0 Å². The molecular formula is C19H32N2. The van der Waals surface area contributed by atoms with Crippen LogP contribution in [0, 0.1) is 19.3 Å². The summed E-state index contributed by atoms with van der Waals surface area (Å²) in [5.74, 6) is 0. The molecule has 1 aliphatic carbocycles. The molecule has 1 aliphatic rings. The lowest BCUT2D eigenvalue weighted by atomic mass is 9.79. The minimum absolute atomic E-state index is 0.442. The molecule has 0 amide bonds. The first-order valence-electron chi connectivity index (χ1n) is 8.49. The average molecular weight is 288 g/mol. The summed E-state index contributed by atoms with van der Waals surface area (Å²) in [6.45, 7) is 6.71. The van der Waals surface area contributed by atoms with Crippen LogP contribution in [0.25, 0.3) is 0 Å². The van der Waals surface area contributed by atoms with E-state index < -0.39 is 0 Å². The Balaban J connectivity index is 2.15. The molecule has 1 aromatic rings. The van der Waals surface area contributed by atoms with E-state index in [2.05, 4.69) is 56.4 Å². The van der Waals surface area contributed by atoms with Gasteiger partial charge in [0.2, 0.25) is 0 Å². The molecular weight excluding hydrogens is 256 g/mol. The van der Waals surface area contributed by atoms with Crippen molar-refractivity contribution in [1.82, 2.24) is 5.32 Å². The summed E-state index contributed by atoms with van der Waals surface area (Å²) in [5.41, 5.74) is 4.58. The van der Waals surface area contributed by atoms with Gasteiger partial charge in [-0.15, -0.1) is 0 Å². The molecule has 1 aromatic carbocycles. The van der Waals surface area contributed by atoms with Crippen LogP contribution in [-0.2, 0) is 0 Å². The molecule has 2 heteroatoms. The average Bonchev–Trinajstić information content (AvgIpc) is 2.64. The summed E-state index contributed by atoms with van der Waals surface area (Å²) in [5, 5.41) is 3.46. The second kappa shape index (κ2) is 7.31. The van der Waals surface area contributed by atoms with E-state index in [1.165, 1.54) is 55.3 Å². The van der Waals surface area contributed by atoms with E-state index in [-0.39, 0.29) is 0 Å². The van der Waals surface area contributed by atoms with Crippen LogP contribution in [0.15, 0.2) is 18.2 Å². The van der Waals surface area contributed by atoms with Crippen molar-refractivity contribution in [3.8, 4) is 0 Å². The molecule has 2 rings (SSSR count). The molecule has 0 aromatic heterocycles. The molecule has 0 saturated heterocycles. The monoisotopic (exact) mass is 288 g/mol. The molecule has 0 bridgehead atoms. The lowest BCUT2D eigenvalue weighted by Crippen LogP contribution is -2.42. The van der Waals surface area contributed by atoms with Gasteiger partial charge in [-0.05, 0) is 45.4 Å². The second-order valence-corrected chi connectivity index (χ2v) is 7.09. The third kappa shape index (κ3) is 4.23. The molecule has 2 nitrogen and oxygen atoms in total. The number of rotatable bonds is 5. The Morgan fingerprint density at radius 2 is 1.76 bits per heavy atom. The maximum Gasteiger partial charge on any atom is 0.0393 e. The van der Waals surface area contributed by atoms with Gasteiger partial charge in [-0.2, -0.15) is 0 Å². The van der Waals surface area contributed by atoms with Crippen LogP contribution >= 0.6 is 0 Å². The van der Waals surface area contributed by atoms with Gasteiger partial charge in [-0.1, -0.05) is 43.4 Å². The van der Waals surface area contributed by atoms with Gasteiger partial charge < -0.3 is 10.2 Å². The second-order valence-electron chi connectivity index (χ2n) is 7.09. The SMILES string of the molecule is CNCC1(CN(C)c2ccc(C)cc2C)CCCCCC1. The van der Waals surface area contributed by atoms with Crippen molar-refractivity contribution in [3.63, 3.8) is 0 Å². The molecule has 1 N–H and O–H groups in total. The fraction of sp³-hybridized carbons (Fsp3) is 0.684. The van der Waals surface area contributed by atoms with Gasteiger partial charge in [-0.3, -0.25) is 0 Å². The largest absolute Gasteiger partial charge is 0.374 e. The van der Waals surface area contributed by atoms with Crippen LogP contribution in [-0.4, -0.2) is 27.2 Å². The smallest absolute Gasteiger partial charge is 0.0393 e. The Morgan fingerprint density at radius 1 is 1.10 bits per heavy atom. The normalized spacial score (nSPS) is 18.3. The molecule has 0 atom stereocenters. The Bertz CT molecular complexity index is 445. The molecule has 0 heterocycles. The first-order chi connectivity index (χ1) is 10.1. The minimum atomic E-state index is 0.442. The van der Waals surface area contributed by atoms with Gasteiger partial charge in [0.05, 0.1) is 0 Å². The van der Waals surface area contributed by atoms with Crippen LogP contribution in [0.4, 0.5) is 5.69 Å². The molecule has 0 unspecified atom stereocenters. The van der Waals surface area contributed by atoms with E-state index in [4.69, 9.17) is 0 Å². The zero-order chi connectivity index (χ0) is 15.3. The lowest BCUT2D eigenvalue weighted by molar-refractivity contribution is 0.245. The van der Waals surface area contributed by atoms with Crippen LogP contribution < -0.4 is 10.2 Å². The fourth-order valence-electron chi connectivity index (χ4n) is 4.07. The lowest BCUT2D eigenvalue weighted by Gasteiger charge is -2.38. The van der Waals surface area contributed by atoms with E-state index in [0.29, 0.717) is 5.41 Å². The number of nitrogens with zero attached hydrogens (tertiary/aromatic N) is 1. The standard InChI is InChI=1S/C19H32N2/c1-16-9-10-18(17(2)13-16)21(4)15-19(14-20-3)11-7-5-6-8-12-19/h9-10,13,20H,5-8,11-12,14-15H2,1-4H3. The Kier molecular flexibility index (Phi) is 5.69. The summed E-state index contributed by atoms with van der Waals surface area (Å²) in [4.78, 5) is 2.48. The predicted octanol–water partition coefficient (Wildman–Crippen LogP) is 4.30. The van der Waals surface area contributed by atoms with Gasteiger partial charge in [0.1, 0.15) is 0 Å². The van der Waals surface area contributed by atoms with Crippen molar-refractivity contribution in [2.75, 3.05) is 32.1 Å². The highest BCUT2D eigenvalue weighted by atomic mass is 15.1. The number of benzene rings is 1. The number of nitrogens with one attached hydrogen (secondary N) is 1. The van der Waals surface area contributed by atoms with Gasteiger partial charge in [0.25, 0.3) is 0 Å². The topological polar surface area (TPSA) is 15.3 Å². The molecule has 1 fully saturated rings. The van der Waals surface area contributed by atoms with Gasteiger partial charge in [0, 0.05) is 31.2 Å². The Morgan fingerprint density at radius 3 is 2.33 bits per heavy atom. The maximum atomic E-state index is 3.46. The van der Waals surface area contributed by atoms with Crippen LogP contribution in [0.5, 0.6) is 0 Å². The molecule has 0 radical (unpaired) electrons. The van der Waals surface area contributed by atoms with Crippen LogP contribution in [0.2, 0.25) is 0 Å². The Labute approximate surface area is 130 Å². The Hall–Kier alpha value is -1.02. The first kappa shape index (κ1) is 16.4. The summed E-state index contributed by atoms with van der Waals surface area (Å²) < 4.78 is 0. The third-order valence-corrected chi connectivity index (χ3v) is 5.05. The molecule has 1 saturated carbocycles. The predicted molar refractivity (Wildman–Crippen MR) is 93.2 cm³/mol. The fourth-order valence-corrected chi connectivity index (χ4v) is 4.07. The highest BCUT2D eigenvalue weighted by molar-refractivity contribution is 5.54. The molecule has 118 valence electrons. The summed E-state index contributed by atoms with van der Waals surface area (Å²) >= 11 is 0. The molecule has 21 heavy (non-hydrogen) atoms. The third-order valence-electron chi connectivity index (χ3n) is 5.05. The van der Waals surface area contributed by atoms with Crippen molar-refractivity contribution < 1.29 is 0 Å². The molecule has 0 spiro atoms. The molecule has 0 aliphatic heterocycles. The highest BCUT2D eigenvalue weighted by Crippen LogP contribution is 2.36.